The summed E-state index contributed by atoms with van der Waals surface area (Å²) in [6.45, 7) is 1.57. The lowest BCUT2D eigenvalue weighted by Crippen LogP contribution is -2.63. The number of hydrogen-bond donors (Lipinski definition) is 1. The van der Waals surface area contributed by atoms with Crippen LogP contribution in [-0.4, -0.2) is 22.3 Å². The van der Waals surface area contributed by atoms with E-state index in [0.29, 0.717) is 25.7 Å². The largest absolute Gasteiger partial charge is 0.388 e. The van der Waals surface area contributed by atoms with Crippen LogP contribution >= 0.6 is 0 Å². The molecule has 2 saturated carbocycles. The first-order valence-electron chi connectivity index (χ1n) is 9.30. The maximum absolute atomic E-state index is 12.9. The molecule has 2 aliphatic rings. The molecule has 0 heterocycles. The molecule has 0 aliphatic heterocycles. The minimum atomic E-state index is -1.12. The van der Waals surface area contributed by atoms with Crippen molar-refractivity contribution in [2.24, 2.45) is 11.3 Å². The van der Waals surface area contributed by atoms with Gasteiger partial charge in [-0.1, -0.05) is 36.8 Å². The fourth-order valence-electron chi connectivity index (χ4n) is 5.21. The van der Waals surface area contributed by atoms with E-state index >= 15 is 0 Å². The Morgan fingerprint density at radius 2 is 1.96 bits per heavy atom. The maximum atomic E-state index is 12.9. The number of benzene rings is 1. The van der Waals surface area contributed by atoms with Crippen molar-refractivity contribution >= 4 is 11.6 Å². The van der Waals surface area contributed by atoms with Gasteiger partial charge < -0.3 is 5.11 Å². The topological polar surface area (TPSA) is 54.4 Å². The van der Waals surface area contributed by atoms with Gasteiger partial charge in [0.2, 0.25) is 0 Å². The fourth-order valence-corrected chi connectivity index (χ4v) is 5.21. The highest BCUT2D eigenvalue weighted by Gasteiger charge is 2.62. The van der Waals surface area contributed by atoms with Gasteiger partial charge in [0, 0.05) is 12.3 Å². The number of hydrogen-bond acceptors (Lipinski definition) is 3. The van der Waals surface area contributed by atoms with Crippen LogP contribution < -0.4 is 0 Å². The van der Waals surface area contributed by atoms with Gasteiger partial charge in [0.05, 0.1) is 11.0 Å². The molecule has 24 heavy (non-hydrogen) atoms. The number of aliphatic hydroxyl groups is 1. The summed E-state index contributed by atoms with van der Waals surface area (Å²) >= 11 is 0. The summed E-state index contributed by atoms with van der Waals surface area (Å²) in [6, 6.07) is 10.3. The quantitative estimate of drug-likeness (QED) is 0.892. The third kappa shape index (κ3) is 2.83. The Balaban J connectivity index is 1.82. The summed E-state index contributed by atoms with van der Waals surface area (Å²) in [7, 11) is 0. The molecule has 0 saturated heterocycles. The van der Waals surface area contributed by atoms with Gasteiger partial charge in [0.1, 0.15) is 11.6 Å². The van der Waals surface area contributed by atoms with Crippen molar-refractivity contribution in [3.05, 3.63) is 35.9 Å². The van der Waals surface area contributed by atoms with E-state index in [0.717, 1.165) is 32.1 Å². The first-order valence-corrected chi connectivity index (χ1v) is 9.30. The number of aryl methyl sites for hydroxylation is 1. The zero-order chi connectivity index (χ0) is 17.2. The van der Waals surface area contributed by atoms with Crippen LogP contribution in [0, 0.1) is 11.3 Å². The average molecular weight is 328 g/mol. The molecule has 0 spiro atoms. The number of ketones is 2. The zero-order valence-corrected chi connectivity index (χ0v) is 14.6. The molecule has 130 valence electrons. The molecule has 0 amide bonds. The lowest BCUT2D eigenvalue weighted by molar-refractivity contribution is -0.189. The summed E-state index contributed by atoms with van der Waals surface area (Å²) < 4.78 is 0. The third-order valence-corrected chi connectivity index (χ3v) is 6.40. The SMILES string of the molecule is CC(=O)[C@@H]1CCC[C@@]2(CCCc3ccccc3)C(=O)CCC[C@@]12O. The molecule has 0 bridgehead atoms. The summed E-state index contributed by atoms with van der Waals surface area (Å²) in [6.07, 6.45) is 6.66. The fraction of sp³-hybridized carbons (Fsp3) is 0.619. The van der Waals surface area contributed by atoms with Gasteiger partial charge in [-0.05, 0) is 57.4 Å². The maximum Gasteiger partial charge on any atom is 0.141 e. The minimum Gasteiger partial charge on any atom is -0.388 e. The highest BCUT2D eigenvalue weighted by Crippen LogP contribution is 2.56. The van der Waals surface area contributed by atoms with E-state index in [4.69, 9.17) is 0 Å². The number of carbonyl (C=O) groups excluding carboxylic acids is 2. The molecule has 3 atom stereocenters. The van der Waals surface area contributed by atoms with E-state index in [2.05, 4.69) is 12.1 Å². The number of carbonyl (C=O) groups is 2. The molecule has 2 aliphatic carbocycles. The Bertz CT molecular complexity index is 609. The van der Waals surface area contributed by atoms with E-state index in [9.17, 15) is 14.7 Å². The van der Waals surface area contributed by atoms with Crippen LogP contribution in [0.15, 0.2) is 30.3 Å². The van der Waals surface area contributed by atoms with Crippen LogP contribution in [0.5, 0.6) is 0 Å². The van der Waals surface area contributed by atoms with E-state index in [-0.39, 0.29) is 17.5 Å². The second-order valence-corrected chi connectivity index (χ2v) is 7.68. The van der Waals surface area contributed by atoms with Crippen LogP contribution in [0.3, 0.4) is 0 Å². The highest BCUT2D eigenvalue weighted by molar-refractivity contribution is 5.90. The molecule has 3 heteroatoms. The van der Waals surface area contributed by atoms with Crippen molar-refractivity contribution in [3.8, 4) is 0 Å². The Kier molecular flexibility index (Phi) is 4.91. The summed E-state index contributed by atoms with van der Waals surface area (Å²) in [5.74, 6) is -0.137. The molecule has 0 unspecified atom stereocenters. The monoisotopic (exact) mass is 328 g/mol. The molecule has 1 aromatic rings. The van der Waals surface area contributed by atoms with Crippen LogP contribution in [0.4, 0.5) is 0 Å². The molecule has 1 aromatic carbocycles. The lowest BCUT2D eigenvalue weighted by atomic mass is 9.50. The van der Waals surface area contributed by atoms with Gasteiger partial charge in [-0.15, -0.1) is 0 Å². The van der Waals surface area contributed by atoms with Gasteiger partial charge in [0.15, 0.2) is 0 Å². The van der Waals surface area contributed by atoms with E-state index in [1.807, 2.05) is 18.2 Å². The summed E-state index contributed by atoms with van der Waals surface area (Å²) in [5, 5.41) is 11.5. The van der Waals surface area contributed by atoms with Crippen molar-refractivity contribution < 1.29 is 14.7 Å². The van der Waals surface area contributed by atoms with Gasteiger partial charge >= 0.3 is 0 Å². The molecule has 1 N–H and O–H groups in total. The van der Waals surface area contributed by atoms with Gasteiger partial charge in [0.25, 0.3) is 0 Å². The second kappa shape index (κ2) is 6.79. The normalized spacial score (nSPS) is 33.1. The lowest BCUT2D eigenvalue weighted by Gasteiger charge is -2.55. The molecule has 2 fully saturated rings. The standard InChI is InChI=1S/C21H28O3/c1-16(22)18-11-6-14-20(19(23)12-7-15-21(18,20)24)13-5-10-17-8-3-2-4-9-17/h2-4,8-9,18,24H,5-7,10-15H2,1H3/t18-,20-,21+/m0/s1. The second-order valence-electron chi connectivity index (χ2n) is 7.68. The van der Waals surface area contributed by atoms with Crippen molar-refractivity contribution in [1.29, 1.82) is 0 Å². The number of Topliss-reactive ketones (excluding diaryl/α,β-unsaturated/α-hetero) is 2. The molecular weight excluding hydrogens is 300 g/mol. The van der Waals surface area contributed by atoms with Gasteiger partial charge in [-0.2, -0.15) is 0 Å². The molecule has 3 rings (SSSR count). The zero-order valence-electron chi connectivity index (χ0n) is 14.6. The Labute approximate surface area is 144 Å². The van der Waals surface area contributed by atoms with Crippen LogP contribution in [0.2, 0.25) is 0 Å². The van der Waals surface area contributed by atoms with Gasteiger partial charge in [-0.25, -0.2) is 0 Å². The number of rotatable bonds is 5. The number of fused-ring (bicyclic) bond motifs is 1. The Morgan fingerprint density at radius 3 is 2.67 bits per heavy atom. The van der Waals surface area contributed by atoms with Crippen LogP contribution in [-0.2, 0) is 16.0 Å². The van der Waals surface area contributed by atoms with Crippen molar-refractivity contribution in [2.75, 3.05) is 0 Å². The molecular formula is C21H28O3. The predicted octanol–water partition coefficient (Wildman–Crippen LogP) is 3.87. The Hall–Kier alpha value is -1.48. The van der Waals surface area contributed by atoms with E-state index in [1.54, 1.807) is 6.92 Å². The van der Waals surface area contributed by atoms with Crippen LogP contribution in [0.25, 0.3) is 0 Å². The Morgan fingerprint density at radius 1 is 1.21 bits per heavy atom. The predicted molar refractivity (Wildman–Crippen MR) is 93.6 cm³/mol. The first kappa shape index (κ1) is 17.3. The third-order valence-electron chi connectivity index (χ3n) is 6.40. The first-order chi connectivity index (χ1) is 11.5. The summed E-state index contributed by atoms with van der Waals surface area (Å²) in [5.41, 5.74) is -0.558. The van der Waals surface area contributed by atoms with E-state index in [1.165, 1.54) is 5.56 Å². The minimum absolute atomic E-state index is 0.0411. The van der Waals surface area contributed by atoms with Crippen molar-refractivity contribution in [1.82, 2.24) is 0 Å². The molecule has 0 aromatic heterocycles. The molecule has 0 radical (unpaired) electrons. The smallest absolute Gasteiger partial charge is 0.141 e. The average Bonchev–Trinajstić information content (AvgIpc) is 2.56. The van der Waals surface area contributed by atoms with Crippen molar-refractivity contribution in [2.45, 2.75) is 70.3 Å². The highest BCUT2D eigenvalue weighted by atomic mass is 16.3. The molecule has 3 nitrogen and oxygen atoms in total. The van der Waals surface area contributed by atoms with Crippen LogP contribution in [0.1, 0.15) is 63.9 Å². The van der Waals surface area contributed by atoms with Gasteiger partial charge in [-0.3, -0.25) is 9.59 Å². The van der Waals surface area contributed by atoms with Crippen molar-refractivity contribution in [3.63, 3.8) is 0 Å². The van der Waals surface area contributed by atoms with E-state index < -0.39 is 11.0 Å². The summed E-state index contributed by atoms with van der Waals surface area (Å²) in [4.78, 5) is 25.0.